The lowest BCUT2D eigenvalue weighted by atomic mass is 10.4. The first-order chi connectivity index (χ1) is 9.44. The maximum atomic E-state index is 12.3. The highest BCUT2D eigenvalue weighted by Gasteiger charge is 2.21. The number of aryl methyl sites for hydroxylation is 2. The lowest BCUT2D eigenvalue weighted by molar-refractivity contribution is 0.465. The molecule has 20 heavy (non-hydrogen) atoms. The van der Waals surface area contributed by atoms with Crippen LogP contribution in [-0.4, -0.2) is 20.4 Å². The van der Waals surface area contributed by atoms with Crippen LogP contribution in [-0.2, 0) is 23.1 Å². The highest BCUT2D eigenvalue weighted by molar-refractivity contribution is 7.89. The number of hydrogen-bond donors (Lipinski definition) is 2. The van der Waals surface area contributed by atoms with E-state index in [4.69, 9.17) is 4.42 Å². The Labute approximate surface area is 122 Å². The number of aromatic nitrogens is 1. The maximum absolute atomic E-state index is 12.3. The first kappa shape index (κ1) is 15.2. The molecule has 0 amide bonds. The third kappa shape index (κ3) is 3.26. The zero-order valence-corrected chi connectivity index (χ0v) is 13.2. The number of furan rings is 1. The Hall–Kier alpha value is -1.22. The fourth-order valence-corrected chi connectivity index (χ4v) is 3.79. The van der Waals surface area contributed by atoms with Gasteiger partial charge in [-0.25, -0.2) is 18.1 Å². The Morgan fingerprint density at radius 2 is 2.10 bits per heavy atom. The summed E-state index contributed by atoms with van der Waals surface area (Å²) in [6.45, 7) is 4.23. The molecule has 0 unspecified atom stereocenters. The van der Waals surface area contributed by atoms with E-state index in [-0.39, 0.29) is 11.4 Å². The number of rotatable bonds is 6. The molecule has 0 radical (unpaired) electrons. The first-order valence-corrected chi connectivity index (χ1v) is 8.43. The summed E-state index contributed by atoms with van der Waals surface area (Å²) in [5.74, 6) is 0.989. The van der Waals surface area contributed by atoms with Gasteiger partial charge in [0, 0.05) is 17.5 Å². The molecule has 2 N–H and O–H groups in total. The largest absolute Gasteiger partial charge is 0.464 e. The normalized spacial score (nSPS) is 11.9. The molecule has 0 fully saturated rings. The molecule has 0 saturated carbocycles. The molecule has 0 bridgehead atoms. The summed E-state index contributed by atoms with van der Waals surface area (Å²) in [5, 5.41) is 2.92. The molecule has 0 atom stereocenters. The predicted molar refractivity (Wildman–Crippen MR) is 77.1 cm³/mol. The van der Waals surface area contributed by atoms with Crippen LogP contribution < -0.4 is 10.0 Å². The van der Waals surface area contributed by atoms with Crippen LogP contribution in [0.15, 0.2) is 20.9 Å². The Morgan fingerprint density at radius 1 is 1.35 bits per heavy atom. The molecule has 0 aliphatic rings. The van der Waals surface area contributed by atoms with Gasteiger partial charge < -0.3 is 9.73 Å². The monoisotopic (exact) mass is 315 g/mol. The van der Waals surface area contributed by atoms with Crippen LogP contribution in [0.2, 0.25) is 0 Å². The van der Waals surface area contributed by atoms with Crippen LogP contribution in [0.1, 0.15) is 22.1 Å². The Morgan fingerprint density at radius 3 is 2.70 bits per heavy atom. The summed E-state index contributed by atoms with van der Waals surface area (Å²) in [7, 11) is -1.80. The average molecular weight is 315 g/mol. The van der Waals surface area contributed by atoms with Gasteiger partial charge in [0.25, 0.3) is 0 Å². The first-order valence-electron chi connectivity index (χ1n) is 6.06. The molecule has 0 saturated heterocycles. The van der Waals surface area contributed by atoms with E-state index in [9.17, 15) is 8.42 Å². The standard InChI is InChI=1S/C12H17N3O3S2/c1-8-11(19-7-14-8)6-15-20(16,17)12-4-10(5-13-3)18-9(12)2/h4,7,13,15H,5-6H2,1-3H3. The van der Waals surface area contributed by atoms with Crippen molar-refractivity contribution in [3.63, 3.8) is 0 Å². The summed E-state index contributed by atoms with van der Waals surface area (Å²) in [5.41, 5.74) is 2.55. The van der Waals surface area contributed by atoms with Gasteiger partial charge in [-0.15, -0.1) is 11.3 Å². The van der Waals surface area contributed by atoms with Gasteiger partial charge in [-0.1, -0.05) is 0 Å². The molecule has 0 aromatic carbocycles. The molecule has 2 aromatic heterocycles. The maximum Gasteiger partial charge on any atom is 0.244 e. The number of sulfonamides is 1. The van der Waals surface area contributed by atoms with Crippen molar-refractivity contribution in [2.45, 2.75) is 31.8 Å². The smallest absolute Gasteiger partial charge is 0.244 e. The second-order valence-corrected chi connectivity index (χ2v) is 7.02. The van der Waals surface area contributed by atoms with Gasteiger partial charge in [0.2, 0.25) is 10.0 Å². The van der Waals surface area contributed by atoms with Crippen molar-refractivity contribution in [1.82, 2.24) is 15.0 Å². The van der Waals surface area contributed by atoms with Crippen molar-refractivity contribution >= 4 is 21.4 Å². The SMILES string of the molecule is CNCc1cc(S(=O)(=O)NCc2scnc2C)c(C)o1. The highest BCUT2D eigenvalue weighted by atomic mass is 32.2. The van der Waals surface area contributed by atoms with Crippen molar-refractivity contribution in [3.8, 4) is 0 Å². The van der Waals surface area contributed by atoms with E-state index in [0.29, 0.717) is 18.1 Å². The Kier molecular flexibility index (Phi) is 4.59. The summed E-state index contributed by atoms with van der Waals surface area (Å²) in [4.78, 5) is 5.19. The van der Waals surface area contributed by atoms with Crippen LogP contribution in [0.25, 0.3) is 0 Å². The summed E-state index contributed by atoms with van der Waals surface area (Å²) >= 11 is 1.43. The minimum atomic E-state index is -3.57. The van der Waals surface area contributed by atoms with Crippen LogP contribution >= 0.6 is 11.3 Å². The molecule has 8 heteroatoms. The molecule has 2 rings (SSSR count). The lowest BCUT2D eigenvalue weighted by Gasteiger charge is -2.04. The number of hydrogen-bond acceptors (Lipinski definition) is 6. The van der Waals surface area contributed by atoms with Gasteiger partial charge in [0.05, 0.1) is 17.7 Å². The van der Waals surface area contributed by atoms with Gasteiger partial charge in [0.1, 0.15) is 16.4 Å². The second-order valence-electron chi connectivity index (χ2n) is 4.35. The quantitative estimate of drug-likeness (QED) is 0.845. The van der Waals surface area contributed by atoms with Crippen LogP contribution in [0.4, 0.5) is 0 Å². The van der Waals surface area contributed by atoms with Gasteiger partial charge in [0.15, 0.2) is 0 Å². The Balaban J connectivity index is 2.16. The van der Waals surface area contributed by atoms with Crippen molar-refractivity contribution in [1.29, 1.82) is 0 Å². The molecular weight excluding hydrogens is 298 g/mol. The summed E-state index contributed by atoms with van der Waals surface area (Å²) < 4.78 is 32.5. The minimum absolute atomic E-state index is 0.185. The van der Waals surface area contributed by atoms with Gasteiger partial charge >= 0.3 is 0 Å². The third-order valence-electron chi connectivity index (χ3n) is 2.83. The van der Waals surface area contributed by atoms with E-state index in [1.807, 2.05) is 6.92 Å². The molecular formula is C12H17N3O3S2. The molecule has 0 spiro atoms. The molecule has 2 aromatic rings. The van der Waals surface area contributed by atoms with Crippen molar-refractivity contribution in [2.24, 2.45) is 0 Å². The predicted octanol–water partition coefficient (Wildman–Crippen LogP) is 1.55. The number of nitrogens with one attached hydrogen (secondary N) is 2. The second kappa shape index (κ2) is 6.04. The number of thiazole rings is 1. The van der Waals surface area contributed by atoms with E-state index in [1.165, 1.54) is 11.3 Å². The van der Waals surface area contributed by atoms with Crippen molar-refractivity contribution < 1.29 is 12.8 Å². The molecule has 2 heterocycles. The van der Waals surface area contributed by atoms with Crippen molar-refractivity contribution in [2.75, 3.05) is 7.05 Å². The van der Waals surface area contributed by atoms with E-state index in [0.717, 1.165) is 10.6 Å². The zero-order valence-electron chi connectivity index (χ0n) is 11.6. The van der Waals surface area contributed by atoms with Crippen LogP contribution in [0, 0.1) is 13.8 Å². The van der Waals surface area contributed by atoms with Gasteiger partial charge in [-0.2, -0.15) is 0 Å². The van der Waals surface area contributed by atoms with E-state index in [2.05, 4.69) is 15.0 Å². The van der Waals surface area contributed by atoms with E-state index >= 15 is 0 Å². The third-order valence-corrected chi connectivity index (χ3v) is 5.28. The Bertz CT molecular complexity index is 689. The fourth-order valence-electron chi connectivity index (χ4n) is 1.79. The fraction of sp³-hybridized carbons (Fsp3) is 0.417. The van der Waals surface area contributed by atoms with Crippen molar-refractivity contribution in [3.05, 3.63) is 33.7 Å². The zero-order chi connectivity index (χ0) is 14.8. The molecule has 0 aliphatic carbocycles. The molecule has 110 valence electrons. The van der Waals surface area contributed by atoms with Crippen LogP contribution in [0.5, 0.6) is 0 Å². The number of nitrogens with zero attached hydrogens (tertiary/aromatic N) is 1. The van der Waals surface area contributed by atoms with Gasteiger partial charge in [-0.3, -0.25) is 0 Å². The van der Waals surface area contributed by atoms with E-state index < -0.39 is 10.0 Å². The van der Waals surface area contributed by atoms with Crippen LogP contribution in [0.3, 0.4) is 0 Å². The van der Waals surface area contributed by atoms with Gasteiger partial charge in [-0.05, 0) is 20.9 Å². The topological polar surface area (TPSA) is 84.2 Å². The van der Waals surface area contributed by atoms with E-state index in [1.54, 1.807) is 25.5 Å². The lowest BCUT2D eigenvalue weighted by Crippen LogP contribution is -2.23. The molecule has 6 nitrogen and oxygen atoms in total. The average Bonchev–Trinajstić information content (AvgIpc) is 2.94. The minimum Gasteiger partial charge on any atom is -0.464 e. The summed E-state index contributed by atoms with van der Waals surface area (Å²) in [6.07, 6.45) is 0. The molecule has 0 aliphatic heterocycles. The highest BCUT2D eigenvalue weighted by Crippen LogP contribution is 2.21. The summed E-state index contributed by atoms with van der Waals surface area (Å²) in [6, 6.07) is 1.55.